The van der Waals surface area contributed by atoms with Crippen LogP contribution in [0.2, 0.25) is 5.15 Å². The standard InChI is InChI=1S/C10H16ClN3S/c1-7(6-15-3)14(2)10-5-8(12)4-9(11)13-10/h4-5,7H,6H2,1-3H3,(H2,12,13). The number of nitrogen functional groups attached to an aromatic ring is 1. The molecule has 1 unspecified atom stereocenters. The smallest absolute Gasteiger partial charge is 0.133 e. The van der Waals surface area contributed by atoms with Gasteiger partial charge in [-0.1, -0.05) is 11.6 Å². The highest BCUT2D eigenvalue weighted by Crippen LogP contribution is 2.20. The lowest BCUT2D eigenvalue weighted by atomic mass is 10.3. The van der Waals surface area contributed by atoms with Crippen molar-refractivity contribution in [3.8, 4) is 0 Å². The molecule has 0 bridgehead atoms. The van der Waals surface area contributed by atoms with E-state index < -0.39 is 0 Å². The van der Waals surface area contributed by atoms with Crippen LogP contribution in [0.4, 0.5) is 11.5 Å². The van der Waals surface area contributed by atoms with Gasteiger partial charge in [-0.3, -0.25) is 0 Å². The molecule has 0 amide bonds. The number of halogens is 1. The summed E-state index contributed by atoms with van der Waals surface area (Å²) >= 11 is 7.66. The van der Waals surface area contributed by atoms with Crippen molar-refractivity contribution in [3.63, 3.8) is 0 Å². The Hall–Kier alpha value is -0.610. The number of rotatable bonds is 4. The molecule has 2 N–H and O–H groups in total. The SMILES string of the molecule is CSCC(C)N(C)c1cc(N)cc(Cl)n1. The molecule has 84 valence electrons. The van der Waals surface area contributed by atoms with Gasteiger partial charge >= 0.3 is 0 Å². The predicted molar refractivity (Wildman–Crippen MR) is 69.9 cm³/mol. The van der Waals surface area contributed by atoms with Crippen molar-refractivity contribution >= 4 is 34.9 Å². The van der Waals surface area contributed by atoms with Crippen molar-refractivity contribution in [3.05, 3.63) is 17.3 Å². The highest BCUT2D eigenvalue weighted by Gasteiger charge is 2.11. The minimum atomic E-state index is 0.408. The van der Waals surface area contributed by atoms with Gasteiger partial charge in [-0.25, -0.2) is 4.98 Å². The van der Waals surface area contributed by atoms with Crippen molar-refractivity contribution in [2.45, 2.75) is 13.0 Å². The minimum Gasteiger partial charge on any atom is -0.399 e. The van der Waals surface area contributed by atoms with Gasteiger partial charge in [-0.05, 0) is 19.2 Å². The van der Waals surface area contributed by atoms with E-state index in [1.165, 1.54) is 0 Å². The zero-order valence-electron chi connectivity index (χ0n) is 9.20. The summed E-state index contributed by atoms with van der Waals surface area (Å²) in [7, 11) is 2.00. The van der Waals surface area contributed by atoms with Crippen LogP contribution in [-0.2, 0) is 0 Å². The molecule has 1 aromatic rings. The second-order valence-corrected chi connectivity index (χ2v) is 4.79. The second kappa shape index (κ2) is 5.47. The lowest BCUT2D eigenvalue weighted by Crippen LogP contribution is -2.31. The number of thioether (sulfide) groups is 1. The topological polar surface area (TPSA) is 42.1 Å². The summed E-state index contributed by atoms with van der Waals surface area (Å²) in [5, 5.41) is 0.438. The van der Waals surface area contributed by atoms with Gasteiger partial charge in [-0.15, -0.1) is 0 Å². The fourth-order valence-electron chi connectivity index (χ4n) is 1.26. The molecule has 0 saturated carbocycles. The summed E-state index contributed by atoms with van der Waals surface area (Å²) in [5.41, 5.74) is 6.36. The van der Waals surface area contributed by atoms with Crippen molar-refractivity contribution in [2.75, 3.05) is 29.7 Å². The number of hydrogen-bond acceptors (Lipinski definition) is 4. The third-order valence-electron chi connectivity index (χ3n) is 2.23. The van der Waals surface area contributed by atoms with Crippen LogP contribution >= 0.6 is 23.4 Å². The van der Waals surface area contributed by atoms with E-state index in [2.05, 4.69) is 23.1 Å². The monoisotopic (exact) mass is 245 g/mol. The number of anilines is 2. The summed E-state index contributed by atoms with van der Waals surface area (Å²) in [6, 6.07) is 3.89. The maximum absolute atomic E-state index is 5.85. The molecule has 3 nitrogen and oxygen atoms in total. The Bertz CT molecular complexity index is 312. The van der Waals surface area contributed by atoms with Crippen LogP contribution in [0.3, 0.4) is 0 Å². The molecule has 0 spiro atoms. The van der Waals surface area contributed by atoms with E-state index in [4.69, 9.17) is 17.3 Å². The normalized spacial score (nSPS) is 12.5. The molecule has 0 radical (unpaired) electrons. The molecule has 0 aliphatic rings. The van der Waals surface area contributed by atoms with Gasteiger partial charge in [0.1, 0.15) is 11.0 Å². The summed E-state index contributed by atoms with van der Waals surface area (Å²) in [4.78, 5) is 6.32. The molecule has 0 aliphatic heterocycles. The van der Waals surface area contributed by atoms with Gasteiger partial charge < -0.3 is 10.6 Å². The van der Waals surface area contributed by atoms with Crippen LogP contribution in [0.25, 0.3) is 0 Å². The Labute approximate surface area is 100 Å². The third kappa shape index (κ3) is 3.47. The molecule has 0 aliphatic carbocycles. The largest absolute Gasteiger partial charge is 0.399 e. The van der Waals surface area contributed by atoms with E-state index >= 15 is 0 Å². The predicted octanol–water partition coefficient (Wildman–Crippen LogP) is 2.50. The van der Waals surface area contributed by atoms with E-state index in [-0.39, 0.29) is 0 Å². The molecule has 0 aromatic carbocycles. The molecule has 1 heterocycles. The van der Waals surface area contributed by atoms with Crippen LogP contribution < -0.4 is 10.6 Å². The first-order valence-corrected chi connectivity index (χ1v) is 6.46. The number of nitrogens with zero attached hydrogens (tertiary/aromatic N) is 2. The average Bonchev–Trinajstić information content (AvgIpc) is 2.15. The van der Waals surface area contributed by atoms with E-state index in [0.717, 1.165) is 11.6 Å². The quantitative estimate of drug-likeness (QED) is 0.828. The van der Waals surface area contributed by atoms with E-state index in [1.807, 2.05) is 24.9 Å². The van der Waals surface area contributed by atoms with Crippen LogP contribution in [0.1, 0.15) is 6.92 Å². The fraction of sp³-hybridized carbons (Fsp3) is 0.500. The van der Waals surface area contributed by atoms with Crippen LogP contribution in [0.5, 0.6) is 0 Å². The number of hydrogen-bond donors (Lipinski definition) is 1. The van der Waals surface area contributed by atoms with Gasteiger partial charge in [0.25, 0.3) is 0 Å². The number of aromatic nitrogens is 1. The molecule has 1 atom stereocenters. The molecule has 1 rings (SSSR count). The summed E-state index contributed by atoms with van der Waals surface area (Å²) in [6.07, 6.45) is 2.09. The van der Waals surface area contributed by atoms with Crippen molar-refractivity contribution in [2.24, 2.45) is 0 Å². The first kappa shape index (κ1) is 12.5. The summed E-state index contributed by atoms with van der Waals surface area (Å²) in [6.45, 7) is 2.15. The average molecular weight is 246 g/mol. The van der Waals surface area contributed by atoms with Crippen molar-refractivity contribution in [1.29, 1.82) is 0 Å². The van der Waals surface area contributed by atoms with Gasteiger partial charge in [0.05, 0.1) is 0 Å². The zero-order valence-corrected chi connectivity index (χ0v) is 10.8. The minimum absolute atomic E-state index is 0.408. The lowest BCUT2D eigenvalue weighted by molar-refractivity contribution is 0.754. The Balaban J connectivity index is 2.85. The Morgan fingerprint density at radius 2 is 2.27 bits per heavy atom. The van der Waals surface area contributed by atoms with E-state index in [0.29, 0.717) is 16.9 Å². The maximum Gasteiger partial charge on any atom is 0.133 e. The van der Waals surface area contributed by atoms with Crippen LogP contribution in [-0.4, -0.2) is 30.1 Å². The second-order valence-electron chi connectivity index (χ2n) is 3.50. The Morgan fingerprint density at radius 1 is 1.60 bits per heavy atom. The Kier molecular flexibility index (Phi) is 4.54. The van der Waals surface area contributed by atoms with Gasteiger partial charge in [0.15, 0.2) is 0 Å². The molecule has 1 aromatic heterocycles. The Morgan fingerprint density at radius 3 is 2.80 bits per heavy atom. The summed E-state index contributed by atoms with van der Waals surface area (Å²) in [5.74, 6) is 1.87. The zero-order chi connectivity index (χ0) is 11.4. The van der Waals surface area contributed by atoms with E-state index in [1.54, 1.807) is 6.07 Å². The molecular formula is C10H16ClN3S. The van der Waals surface area contributed by atoms with Crippen molar-refractivity contribution < 1.29 is 0 Å². The maximum atomic E-state index is 5.85. The first-order chi connectivity index (χ1) is 7.04. The third-order valence-corrected chi connectivity index (χ3v) is 3.24. The van der Waals surface area contributed by atoms with Crippen molar-refractivity contribution in [1.82, 2.24) is 4.98 Å². The van der Waals surface area contributed by atoms with E-state index in [9.17, 15) is 0 Å². The molecule has 0 saturated heterocycles. The molecule has 0 fully saturated rings. The molecule has 15 heavy (non-hydrogen) atoms. The first-order valence-electron chi connectivity index (χ1n) is 4.69. The highest BCUT2D eigenvalue weighted by molar-refractivity contribution is 7.98. The van der Waals surface area contributed by atoms with Gasteiger partial charge in [-0.2, -0.15) is 11.8 Å². The lowest BCUT2D eigenvalue weighted by Gasteiger charge is -2.25. The van der Waals surface area contributed by atoms with Crippen LogP contribution in [0, 0.1) is 0 Å². The molecular weight excluding hydrogens is 230 g/mol. The molecule has 5 heteroatoms. The van der Waals surface area contributed by atoms with Crippen LogP contribution in [0.15, 0.2) is 12.1 Å². The van der Waals surface area contributed by atoms with Gasteiger partial charge in [0.2, 0.25) is 0 Å². The number of pyridine rings is 1. The summed E-state index contributed by atoms with van der Waals surface area (Å²) < 4.78 is 0. The fourth-order valence-corrected chi connectivity index (χ4v) is 2.18. The highest BCUT2D eigenvalue weighted by atomic mass is 35.5. The van der Waals surface area contributed by atoms with Gasteiger partial charge in [0, 0.05) is 30.6 Å². The number of nitrogens with two attached hydrogens (primary N) is 1.